The quantitative estimate of drug-likeness (QED) is 0.384. The Morgan fingerprint density at radius 3 is 1.23 bits per heavy atom. The minimum absolute atomic E-state index is 0.345. The molecule has 0 aromatic heterocycles. The molecule has 0 heterocycles. The van der Waals surface area contributed by atoms with E-state index in [1.165, 1.54) is 70.6 Å². The number of amides is 1. The predicted molar refractivity (Wildman–Crippen MR) is 90.2 cm³/mol. The van der Waals surface area contributed by atoms with Gasteiger partial charge >= 0.3 is 12.1 Å². The summed E-state index contributed by atoms with van der Waals surface area (Å²) in [5.41, 5.74) is 4.03. The summed E-state index contributed by atoms with van der Waals surface area (Å²) in [6.07, 6.45) is 15.9. The second-order valence-corrected chi connectivity index (χ2v) is 5.72. The van der Waals surface area contributed by atoms with Crippen LogP contribution in [0, 0.1) is 0 Å². The number of carboxylic acids is 1. The maximum Gasteiger partial charge on any atom is 0.402 e. The second-order valence-electron chi connectivity index (χ2n) is 5.72. The summed E-state index contributed by atoms with van der Waals surface area (Å²) in [5.74, 6) is -0.655. The molecule has 0 rings (SSSR count). The smallest absolute Gasteiger partial charge is 0.402 e. The molecule has 0 saturated carbocycles. The molecule has 0 atom stereocenters. The topological polar surface area (TPSA) is 101 Å². The van der Waals surface area contributed by atoms with Gasteiger partial charge < -0.3 is 15.9 Å². The molecule has 5 nitrogen and oxygen atoms in total. The number of primary amides is 1. The van der Waals surface area contributed by atoms with Gasteiger partial charge in [0, 0.05) is 6.42 Å². The van der Waals surface area contributed by atoms with Crippen molar-refractivity contribution >= 4 is 12.1 Å². The first-order chi connectivity index (χ1) is 10.5. The lowest BCUT2D eigenvalue weighted by Gasteiger charge is -2.02. The summed E-state index contributed by atoms with van der Waals surface area (Å²) in [4.78, 5) is 19.1. The van der Waals surface area contributed by atoms with E-state index in [0.717, 1.165) is 12.8 Å². The highest BCUT2D eigenvalue weighted by Gasteiger charge is 1.96. The van der Waals surface area contributed by atoms with Crippen molar-refractivity contribution in [3.63, 3.8) is 0 Å². The Hall–Kier alpha value is -1.26. The van der Waals surface area contributed by atoms with Crippen LogP contribution in [0.15, 0.2) is 0 Å². The number of hydrogen-bond acceptors (Lipinski definition) is 2. The molecule has 0 aromatic carbocycles. The maximum atomic E-state index is 10.3. The van der Waals surface area contributed by atoms with Crippen LogP contribution in [-0.4, -0.2) is 22.3 Å². The first-order valence-electron chi connectivity index (χ1n) is 8.70. The molecule has 0 unspecified atom stereocenters. The summed E-state index contributed by atoms with van der Waals surface area (Å²) < 4.78 is 0. The van der Waals surface area contributed by atoms with Gasteiger partial charge in [0.15, 0.2) is 0 Å². The Morgan fingerprint density at radius 2 is 0.955 bits per heavy atom. The van der Waals surface area contributed by atoms with Crippen LogP contribution in [0.25, 0.3) is 0 Å². The minimum atomic E-state index is -1.33. The molecule has 0 fully saturated rings. The van der Waals surface area contributed by atoms with Crippen molar-refractivity contribution in [1.29, 1.82) is 0 Å². The molecule has 0 aliphatic rings. The van der Waals surface area contributed by atoms with E-state index in [4.69, 9.17) is 15.0 Å². The van der Waals surface area contributed by atoms with E-state index in [0.29, 0.717) is 6.42 Å². The van der Waals surface area contributed by atoms with Gasteiger partial charge in [-0.2, -0.15) is 0 Å². The fourth-order valence-corrected chi connectivity index (χ4v) is 2.29. The van der Waals surface area contributed by atoms with Gasteiger partial charge in [0.05, 0.1) is 0 Å². The Kier molecular flexibility index (Phi) is 20.6. The summed E-state index contributed by atoms with van der Waals surface area (Å²) >= 11 is 0. The Morgan fingerprint density at radius 1 is 0.682 bits per heavy atom. The van der Waals surface area contributed by atoms with Crippen molar-refractivity contribution in [2.24, 2.45) is 5.73 Å². The summed E-state index contributed by atoms with van der Waals surface area (Å²) in [6.45, 7) is 2.26. The standard InChI is InChI=1S/C16H32O2.CH3NO2/c1-2-3-4-5-6-7-8-9-10-11-12-13-14-15-16(17)18;2-1(3)4/h2-15H2,1H3,(H,17,18);2H2,(H,3,4). The van der Waals surface area contributed by atoms with Crippen LogP contribution in [0.4, 0.5) is 4.79 Å². The van der Waals surface area contributed by atoms with Gasteiger partial charge in [0.2, 0.25) is 0 Å². The third-order valence-corrected chi connectivity index (χ3v) is 3.49. The van der Waals surface area contributed by atoms with E-state index in [-0.39, 0.29) is 0 Å². The number of rotatable bonds is 14. The van der Waals surface area contributed by atoms with Crippen LogP contribution in [0.3, 0.4) is 0 Å². The van der Waals surface area contributed by atoms with Crippen LogP contribution in [0.5, 0.6) is 0 Å². The van der Waals surface area contributed by atoms with E-state index < -0.39 is 12.1 Å². The maximum absolute atomic E-state index is 10.3. The van der Waals surface area contributed by atoms with Crippen LogP contribution in [-0.2, 0) is 4.79 Å². The van der Waals surface area contributed by atoms with Crippen LogP contribution >= 0.6 is 0 Å². The van der Waals surface area contributed by atoms with Gasteiger partial charge in [0.1, 0.15) is 0 Å². The van der Waals surface area contributed by atoms with Gasteiger partial charge in [-0.1, -0.05) is 84.0 Å². The van der Waals surface area contributed by atoms with E-state index in [1.54, 1.807) is 0 Å². The van der Waals surface area contributed by atoms with Crippen molar-refractivity contribution in [2.75, 3.05) is 0 Å². The normalized spacial score (nSPS) is 9.86. The second kappa shape index (κ2) is 19.7. The van der Waals surface area contributed by atoms with Crippen molar-refractivity contribution < 1.29 is 19.8 Å². The fraction of sp³-hybridized carbons (Fsp3) is 0.882. The first-order valence-corrected chi connectivity index (χ1v) is 8.70. The number of hydrogen-bond donors (Lipinski definition) is 3. The Bertz CT molecular complexity index is 253. The highest BCUT2D eigenvalue weighted by molar-refractivity contribution is 5.66. The van der Waals surface area contributed by atoms with E-state index in [2.05, 4.69) is 12.7 Å². The third-order valence-electron chi connectivity index (χ3n) is 3.49. The zero-order chi connectivity index (χ0) is 17.1. The highest BCUT2D eigenvalue weighted by Crippen LogP contribution is 2.12. The van der Waals surface area contributed by atoms with E-state index in [1.807, 2.05) is 0 Å². The predicted octanol–water partition coefficient (Wildman–Crippen LogP) is 5.18. The number of nitrogens with two attached hydrogens (primary N) is 1. The molecular weight excluding hydrogens is 282 g/mol. The summed E-state index contributed by atoms with van der Waals surface area (Å²) in [5, 5.41) is 15.7. The van der Waals surface area contributed by atoms with E-state index in [9.17, 15) is 4.79 Å². The van der Waals surface area contributed by atoms with Gasteiger partial charge in [-0.3, -0.25) is 4.79 Å². The van der Waals surface area contributed by atoms with Crippen molar-refractivity contribution in [2.45, 2.75) is 96.8 Å². The highest BCUT2D eigenvalue weighted by atomic mass is 16.4. The number of carboxylic acid groups (broad SMARTS) is 2. The number of aliphatic carboxylic acids is 1. The summed E-state index contributed by atoms with van der Waals surface area (Å²) in [7, 11) is 0. The van der Waals surface area contributed by atoms with E-state index >= 15 is 0 Å². The lowest BCUT2D eigenvalue weighted by Crippen LogP contribution is -2.03. The molecule has 0 radical (unpaired) electrons. The number of unbranched alkanes of at least 4 members (excludes halogenated alkanes) is 12. The largest absolute Gasteiger partial charge is 0.481 e. The fourth-order valence-electron chi connectivity index (χ4n) is 2.29. The van der Waals surface area contributed by atoms with Crippen molar-refractivity contribution in [1.82, 2.24) is 0 Å². The average Bonchev–Trinajstić information content (AvgIpc) is 2.43. The van der Waals surface area contributed by atoms with Gasteiger partial charge in [-0.15, -0.1) is 0 Å². The third kappa shape index (κ3) is 31.2. The first kappa shape index (κ1) is 23.0. The molecule has 1 amide bonds. The molecule has 0 saturated heterocycles. The van der Waals surface area contributed by atoms with Gasteiger partial charge in [-0.05, 0) is 6.42 Å². The molecule has 0 aromatic rings. The molecular formula is C17H35NO4. The van der Waals surface area contributed by atoms with Gasteiger partial charge in [-0.25, -0.2) is 4.79 Å². The molecule has 132 valence electrons. The molecule has 4 N–H and O–H groups in total. The molecule has 5 heteroatoms. The van der Waals surface area contributed by atoms with Gasteiger partial charge in [0.25, 0.3) is 0 Å². The minimum Gasteiger partial charge on any atom is -0.481 e. The SMILES string of the molecule is CCCCCCCCCCCCCCCC(=O)O.NC(=O)O. The zero-order valence-corrected chi connectivity index (χ0v) is 14.2. The molecule has 0 aliphatic carbocycles. The van der Waals surface area contributed by atoms with Crippen molar-refractivity contribution in [3.8, 4) is 0 Å². The molecule has 22 heavy (non-hydrogen) atoms. The molecule has 0 aliphatic heterocycles. The lowest BCUT2D eigenvalue weighted by molar-refractivity contribution is -0.137. The monoisotopic (exact) mass is 317 g/mol. The Labute approximate surface area is 135 Å². The Balaban J connectivity index is 0. The molecule has 0 spiro atoms. The zero-order valence-electron chi connectivity index (χ0n) is 14.2. The number of carbonyl (C=O) groups is 2. The van der Waals surface area contributed by atoms with Crippen LogP contribution in [0.2, 0.25) is 0 Å². The van der Waals surface area contributed by atoms with Crippen LogP contribution in [0.1, 0.15) is 96.8 Å². The summed E-state index contributed by atoms with van der Waals surface area (Å²) in [6, 6.07) is 0. The average molecular weight is 317 g/mol. The van der Waals surface area contributed by atoms with Crippen molar-refractivity contribution in [3.05, 3.63) is 0 Å². The lowest BCUT2D eigenvalue weighted by atomic mass is 10.0. The molecule has 0 bridgehead atoms. The van der Waals surface area contributed by atoms with Crippen LogP contribution < -0.4 is 5.73 Å².